The van der Waals surface area contributed by atoms with E-state index in [-0.39, 0.29) is 35.3 Å². The lowest BCUT2D eigenvalue weighted by molar-refractivity contribution is -0.122. The summed E-state index contributed by atoms with van der Waals surface area (Å²) < 4.78 is 27.9. The van der Waals surface area contributed by atoms with E-state index in [1.165, 1.54) is 18.2 Å². The number of carbonyl (C=O) groups excluding carboxylic acids is 2. The van der Waals surface area contributed by atoms with E-state index in [1.54, 1.807) is 13.0 Å². The van der Waals surface area contributed by atoms with E-state index in [0.717, 1.165) is 17.0 Å². The summed E-state index contributed by atoms with van der Waals surface area (Å²) in [6.45, 7) is 1.08. The molecule has 1 aliphatic heterocycles. The summed E-state index contributed by atoms with van der Waals surface area (Å²) in [6, 6.07) is 8.68. The lowest BCUT2D eigenvalue weighted by atomic mass is 10.0. The number of rotatable bonds is 4. The Hall–Kier alpha value is -3.98. The third-order valence-electron chi connectivity index (χ3n) is 4.56. The summed E-state index contributed by atoms with van der Waals surface area (Å²) >= 11 is 0. The molecule has 0 unspecified atom stereocenters. The molecule has 3 amide bonds. The highest BCUT2D eigenvalue weighted by Gasteiger charge is 2.28. The Bertz CT molecular complexity index is 1090. The molecular weight excluding hydrogens is 380 g/mol. The van der Waals surface area contributed by atoms with E-state index in [1.807, 2.05) is 6.07 Å². The van der Waals surface area contributed by atoms with Crippen molar-refractivity contribution in [2.45, 2.75) is 19.5 Å². The van der Waals surface area contributed by atoms with Crippen molar-refractivity contribution in [2.24, 2.45) is 0 Å². The molecule has 2 N–H and O–H groups in total. The highest BCUT2D eigenvalue weighted by Crippen LogP contribution is 2.28. The fourth-order valence-corrected chi connectivity index (χ4v) is 3.09. The second-order valence-corrected chi connectivity index (χ2v) is 6.48. The summed E-state index contributed by atoms with van der Waals surface area (Å²) in [4.78, 5) is 25.7. The van der Waals surface area contributed by atoms with E-state index in [9.17, 15) is 18.4 Å². The molecule has 3 rings (SSSR count). The number of nitrogens with one attached hydrogen (secondary N) is 2. The number of urea groups is 1. The maximum Gasteiger partial charge on any atom is 0.322 e. The van der Waals surface area contributed by atoms with Gasteiger partial charge in [0, 0.05) is 16.8 Å². The van der Waals surface area contributed by atoms with Crippen LogP contribution in [0, 0.1) is 34.3 Å². The van der Waals surface area contributed by atoms with Gasteiger partial charge in [-0.2, -0.15) is 10.5 Å². The van der Waals surface area contributed by atoms with Crippen LogP contribution < -0.4 is 10.6 Å². The van der Waals surface area contributed by atoms with Gasteiger partial charge in [-0.25, -0.2) is 13.6 Å². The Balaban J connectivity index is 1.71. The maximum absolute atomic E-state index is 14.1. The van der Waals surface area contributed by atoms with Gasteiger partial charge in [0.05, 0.1) is 29.8 Å². The zero-order chi connectivity index (χ0) is 21.1. The number of anilines is 1. The predicted octanol–water partition coefficient (Wildman–Crippen LogP) is 2.93. The average Bonchev–Trinajstić information content (AvgIpc) is 2.68. The first kappa shape index (κ1) is 19.8. The van der Waals surface area contributed by atoms with Crippen LogP contribution in [0.4, 0.5) is 19.3 Å². The first-order valence-corrected chi connectivity index (χ1v) is 8.60. The molecule has 0 bridgehead atoms. The molecule has 0 saturated heterocycles. The van der Waals surface area contributed by atoms with Gasteiger partial charge >= 0.3 is 6.03 Å². The summed E-state index contributed by atoms with van der Waals surface area (Å²) in [5.74, 6) is -1.90. The largest absolute Gasteiger partial charge is 0.348 e. The quantitative estimate of drug-likeness (QED) is 0.829. The molecule has 1 atom stereocenters. The molecule has 0 spiro atoms. The van der Waals surface area contributed by atoms with Crippen molar-refractivity contribution in [2.75, 3.05) is 11.9 Å². The first-order chi connectivity index (χ1) is 13.8. The molecule has 9 heteroatoms. The molecule has 0 radical (unpaired) electrons. The van der Waals surface area contributed by atoms with E-state index in [4.69, 9.17) is 10.5 Å². The van der Waals surface area contributed by atoms with Gasteiger partial charge in [0.1, 0.15) is 24.2 Å². The van der Waals surface area contributed by atoms with Gasteiger partial charge in [0.15, 0.2) is 0 Å². The summed E-state index contributed by atoms with van der Waals surface area (Å²) in [5.41, 5.74) is 0.762. The number of nitriles is 2. The number of benzene rings is 2. The predicted molar refractivity (Wildman–Crippen MR) is 98.2 cm³/mol. The van der Waals surface area contributed by atoms with Gasteiger partial charge in [-0.3, -0.25) is 4.79 Å². The van der Waals surface area contributed by atoms with Crippen molar-refractivity contribution in [3.05, 3.63) is 64.2 Å². The molecule has 0 fully saturated rings. The van der Waals surface area contributed by atoms with Gasteiger partial charge in [-0.05, 0) is 31.2 Å². The number of hydrogen-bond acceptors (Lipinski definition) is 4. The standard InChI is InChI=1S/C20H15F2N5O2/c1-11(13-3-2-12(7-23)6-17(13)22)25-19(28)10-27-9-15-14(8-24)16(21)4-5-18(15)26-20(27)29/h2-6,11H,9-10H2,1H3,(H,25,28)(H,26,29)/t11-/m1/s1. The van der Waals surface area contributed by atoms with Gasteiger partial charge in [0.2, 0.25) is 5.91 Å². The minimum absolute atomic E-state index is 0.116. The van der Waals surface area contributed by atoms with E-state index in [0.29, 0.717) is 5.69 Å². The van der Waals surface area contributed by atoms with E-state index in [2.05, 4.69) is 10.6 Å². The van der Waals surface area contributed by atoms with Crippen LogP contribution in [0.2, 0.25) is 0 Å². The summed E-state index contributed by atoms with van der Waals surface area (Å²) in [5, 5.41) is 23.1. The van der Waals surface area contributed by atoms with Crippen LogP contribution in [0.1, 0.15) is 35.2 Å². The van der Waals surface area contributed by atoms with Crippen LogP contribution in [0.25, 0.3) is 0 Å². The average molecular weight is 395 g/mol. The monoisotopic (exact) mass is 395 g/mol. The highest BCUT2D eigenvalue weighted by molar-refractivity contribution is 5.95. The Morgan fingerprint density at radius 1 is 1.24 bits per heavy atom. The molecule has 2 aromatic carbocycles. The van der Waals surface area contributed by atoms with Crippen molar-refractivity contribution >= 4 is 17.6 Å². The number of amides is 3. The number of halogens is 2. The molecule has 29 heavy (non-hydrogen) atoms. The highest BCUT2D eigenvalue weighted by atomic mass is 19.1. The van der Waals surface area contributed by atoms with Gasteiger partial charge in [0.25, 0.3) is 0 Å². The SMILES string of the molecule is C[C@@H](NC(=O)CN1Cc2c(ccc(F)c2C#N)NC1=O)c1ccc(C#N)cc1F. The van der Waals surface area contributed by atoms with Gasteiger partial charge in [-0.1, -0.05) is 6.07 Å². The van der Waals surface area contributed by atoms with E-state index < -0.39 is 29.6 Å². The minimum atomic E-state index is -0.711. The van der Waals surface area contributed by atoms with Gasteiger partial charge < -0.3 is 15.5 Å². The zero-order valence-electron chi connectivity index (χ0n) is 15.3. The van der Waals surface area contributed by atoms with Crippen molar-refractivity contribution in [3.8, 4) is 12.1 Å². The van der Waals surface area contributed by atoms with Crippen LogP contribution in [0.15, 0.2) is 30.3 Å². The minimum Gasteiger partial charge on any atom is -0.348 e. The normalized spacial score (nSPS) is 13.6. The summed E-state index contributed by atoms with van der Waals surface area (Å²) in [6.07, 6.45) is 0. The van der Waals surface area contributed by atoms with E-state index >= 15 is 0 Å². The molecule has 1 aliphatic rings. The zero-order valence-corrected chi connectivity index (χ0v) is 15.3. The molecule has 0 saturated carbocycles. The Kier molecular flexibility index (Phi) is 5.42. The van der Waals surface area contributed by atoms with Crippen LogP contribution in [-0.4, -0.2) is 23.4 Å². The fourth-order valence-electron chi connectivity index (χ4n) is 3.09. The fraction of sp³-hybridized carbons (Fsp3) is 0.200. The van der Waals surface area contributed by atoms with Crippen molar-refractivity contribution < 1.29 is 18.4 Å². The Labute approximate surface area is 165 Å². The van der Waals surface area contributed by atoms with Crippen molar-refractivity contribution in [1.29, 1.82) is 10.5 Å². The Morgan fingerprint density at radius 2 is 2.00 bits per heavy atom. The topological polar surface area (TPSA) is 109 Å². The molecule has 146 valence electrons. The van der Waals surface area contributed by atoms with Crippen LogP contribution in [0.5, 0.6) is 0 Å². The lowest BCUT2D eigenvalue weighted by Crippen LogP contribution is -2.45. The van der Waals surface area contributed by atoms with Crippen LogP contribution >= 0.6 is 0 Å². The Morgan fingerprint density at radius 3 is 2.66 bits per heavy atom. The lowest BCUT2D eigenvalue weighted by Gasteiger charge is -2.30. The first-order valence-electron chi connectivity index (χ1n) is 8.60. The second kappa shape index (κ2) is 7.95. The van der Waals surface area contributed by atoms with Crippen LogP contribution in [-0.2, 0) is 11.3 Å². The maximum atomic E-state index is 14.1. The third kappa shape index (κ3) is 3.99. The molecule has 0 aliphatic carbocycles. The van der Waals surface area contributed by atoms with Gasteiger partial charge in [-0.15, -0.1) is 0 Å². The van der Waals surface area contributed by atoms with Crippen molar-refractivity contribution in [1.82, 2.24) is 10.2 Å². The van der Waals surface area contributed by atoms with Crippen molar-refractivity contribution in [3.63, 3.8) is 0 Å². The third-order valence-corrected chi connectivity index (χ3v) is 4.56. The molecular formula is C20H15F2N5O2. The molecule has 7 nitrogen and oxygen atoms in total. The number of fused-ring (bicyclic) bond motifs is 1. The number of carbonyl (C=O) groups is 2. The molecule has 2 aromatic rings. The number of hydrogen-bond donors (Lipinski definition) is 2. The smallest absolute Gasteiger partial charge is 0.322 e. The number of nitrogens with zero attached hydrogens (tertiary/aromatic N) is 3. The summed E-state index contributed by atoms with van der Waals surface area (Å²) in [7, 11) is 0. The second-order valence-electron chi connectivity index (χ2n) is 6.48. The van der Waals surface area contributed by atoms with Crippen LogP contribution in [0.3, 0.4) is 0 Å². The molecule has 1 heterocycles. The molecule has 0 aromatic heterocycles.